The van der Waals surface area contributed by atoms with Crippen LogP contribution in [0.25, 0.3) is 0 Å². The molecule has 24 heavy (non-hydrogen) atoms. The molecule has 5 nitrogen and oxygen atoms in total. The Bertz CT molecular complexity index is 532. The molecule has 1 saturated carbocycles. The van der Waals surface area contributed by atoms with Gasteiger partial charge < -0.3 is 4.74 Å². The number of carbonyl (C=O) groups excluding carboxylic acids is 3. The number of likely N-dealkylation sites (tertiary alicyclic amines) is 1. The van der Waals surface area contributed by atoms with Crippen LogP contribution in [-0.4, -0.2) is 35.3 Å². The summed E-state index contributed by atoms with van der Waals surface area (Å²) in [6, 6.07) is -0.815. The average Bonchev–Trinajstić information content (AvgIpc) is 2.85. The highest BCUT2D eigenvalue weighted by Gasteiger charge is 2.51. The van der Waals surface area contributed by atoms with E-state index in [1.54, 1.807) is 6.92 Å². The Labute approximate surface area is 143 Å². The van der Waals surface area contributed by atoms with Crippen LogP contribution in [0.1, 0.15) is 52.4 Å². The van der Waals surface area contributed by atoms with Crippen LogP contribution in [0, 0.1) is 23.7 Å². The molecule has 3 aliphatic rings. The lowest BCUT2D eigenvalue weighted by molar-refractivity contribution is -0.159. The van der Waals surface area contributed by atoms with E-state index < -0.39 is 12.0 Å². The fourth-order valence-electron chi connectivity index (χ4n) is 4.22. The zero-order valence-corrected chi connectivity index (χ0v) is 14.6. The van der Waals surface area contributed by atoms with Crippen molar-refractivity contribution in [1.82, 2.24) is 4.90 Å². The maximum absolute atomic E-state index is 12.5. The van der Waals surface area contributed by atoms with Gasteiger partial charge in [0, 0.05) is 0 Å². The van der Waals surface area contributed by atoms with E-state index in [-0.39, 0.29) is 23.7 Å². The molecule has 3 rings (SSSR count). The third-order valence-electron chi connectivity index (χ3n) is 5.96. The van der Waals surface area contributed by atoms with E-state index >= 15 is 0 Å². The molecule has 0 unspecified atom stereocenters. The van der Waals surface area contributed by atoms with E-state index in [4.69, 9.17) is 4.74 Å². The minimum absolute atomic E-state index is 0.178. The molecule has 1 aliphatic heterocycles. The van der Waals surface area contributed by atoms with Crippen molar-refractivity contribution in [2.45, 2.75) is 58.4 Å². The average molecular weight is 333 g/mol. The Hall–Kier alpha value is -1.65. The number of allylic oxidation sites excluding steroid dienone is 2. The van der Waals surface area contributed by atoms with E-state index in [1.807, 2.05) is 0 Å². The number of fused-ring (bicyclic) bond motifs is 1. The fraction of sp³-hybridized carbons (Fsp3) is 0.737. The van der Waals surface area contributed by atoms with E-state index in [1.165, 1.54) is 4.90 Å². The lowest BCUT2D eigenvalue weighted by Gasteiger charge is -2.27. The molecule has 2 fully saturated rings. The number of amides is 2. The highest BCUT2D eigenvalue weighted by atomic mass is 16.5. The van der Waals surface area contributed by atoms with Gasteiger partial charge in [0.15, 0.2) is 0 Å². The molecule has 5 heteroatoms. The van der Waals surface area contributed by atoms with Gasteiger partial charge in [0.1, 0.15) is 6.04 Å². The predicted octanol–water partition coefficient (Wildman–Crippen LogP) is 2.70. The zero-order valence-electron chi connectivity index (χ0n) is 14.6. The van der Waals surface area contributed by atoms with Gasteiger partial charge >= 0.3 is 5.97 Å². The Morgan fingerprint density at radius 3 is 2.33 bits per heavy atom. The summed E-state index contributed by atoms with van der Waals surface area (Å²) >= 11 is 0. The third-order valence-corrected chi connectivity index (χ3v) is 5.96. The van der Waals surface area contributed by atoms with Crippen LogP contribution in [0.15, 0.2) is 12.2 Å². The van der Waals surface area contributed by atoms with E-state index in [0.29, 0.717) is 18.4 Å². The number of hydrogen-bond acceptors (Lipinski definition) is 4. The summed E-state index contributed by atoms with van der Waals surface area (Å²) in [5.74, 6) is -0.451. The van der Waals surface area contributed by atoms with Gasteiger partial charge in [-0.1, -0.05) is 31.9 Å². The SMILES string of the molecule is C[C@@H]1CC=CC[C@@H]1COC(=O)[C@H](C)N1C(=O)[C@H]2CCCC[C@@H]2C1=O. The number of nitrogens with zero attached hydrogens (tertiary/aromatic N) is 1. The Morgan fingerprint density at radius 1 is 1.17 bits per heavy atom. The van der Waals surface area contributed by atoms with Crippen molar-refractivity contribution in [3.05, 3.63) is 12.2 Å². The minimum Gasteiger partial charge on any atom is -0.464 e. The molecule has 5 atom stereocenters. The van der Waals surface area contributed by atoms with Gasteiger partial charge in [-0.2, -0.15) is 0 Å². The van der Waals surface area contributed by atoms with Gasteiger partial charge in [0.2, 0.25) is 11.8 Å². The topological polar surface area (TPSA) is 63.7 Å². The van der Waals surface area contributed by atoms with E-state index in [0.717, 1.165) is 38.5 Å². The van der Waals surface area contributed by atoms with Crippen molar-refractivity contribution < 1.29 is 19.1 Å². The van der Waals surface area contributed by atoms with Crippen molar-refractivity contribution in [3.8, 4) is 0 Å². The number of esters is 1. The maximum atomic E-state index is 12.5. The van der Waals surface area contributed by atoms with Gasteiger partial charge in [-0.3, -0.25) is 14.5 Å². The monoisotopic (exact) mass is 333 g/mol. The van der Waals surface area contributed by atoms with Gasteiger partial charge in [-0.15, -0.1) is 0 Å². The summed E-state index contributed by atoms with van der Waals surface area (Å²) in [6.07, 6.45) is 9.70. The van der Waals surface area contributed by atoms with Gasteiger partial charge in [-0.25, -0.2) is 4.79 Å². The molecule has 0 aromatic heterocycles. The molecule has 1 heterocycles. The molecule has 1 saturated heterocycles. The maximum Gasteiger partial charge on any atom is 0.329 e. The van der Waals surface area contributed by atoms with Gasteiger partial charge in [0.25, 0.3) is 0 Å². The van der Waals surface area contributed by atoms with Crippen LogP contribution in [0.5, 0.6) is 0 Å². The summed E-state index contributed by atoms with van der Waals surface area (Å²) in [6.45, 7) is 4.13. The first-order valence-corrected chi connectivity index (χ1v) is 9.19. The summed E-state index contributed by atoms with van der Waals surface area (Å²) in [7, 11) is 0. The van der Waals surface area contributed by atoms with Gasteiger partial charge in [0.05, 0.1) is 18.4 Å². The largest absolute Gasteiger partial charge is 0.464 e. The predicted molar refractivity (Wildman–Crippen MR) is 88.8 cm³/mol. The molecule has 0 radical (unpaired) electrons. The first-order chi connectivity index (χ1) is 11.5. The molecular formula is C19H27NO4. The second kappa shape index (κ2) is 7.08. The summed E-state index contributed by atoms with van der Waals surface area (Å²) in [5.41, 5.74) is 0. The molecule has 132 valence electrons. The van der Waals surface area contributed by atoms with E-state index in [9.17, 15) is 14.4 Å². The van der Waals surface area contributed by atoms with Crippen molar-refractivity contribution >= 4 is 17.8 Å². The van der Waals surface area contributed by atoms with Crippen LogP contribution in [-0.2, 0) is 19.1 Å². The minimum atomic E-state index is -0.815. The molecule has 0 aromatic rings. The van der Waals surface area contributed by atoms with Gasteiger partial charge in [-0.05, 0) is 44.4 Å². The smallest absolute Gasteiger partial charge is 0.329 e. The Kier molecular flexibility index (Phi) is 5.07. The normalized spacial score (nSPS) is 34.2. The van der Waals surface area contributed by atoms with Crippen LogP contribution < -0.4 is 0 Å². The second-order valence-corrected chi connectivity index (χ2v) is 7.53. The van der Waals surface area contributed by atoms with E-state index in [2.05, 4.69) is 19.1 Å². The Morgan fingerprint density at radius 2 is 1.75 bits per heavy atom. The molecule has 0 aromatic carbocycles. The second-order valence-electron chi connectivity index (χ2n) is 7.53. The van der Waals surface area contributed by atoms with Crippen molar-refractivity contribution in [1.29, 1.82) is 0 Å². The first kappa shape index (κ1) is 17.2. The van der Waals surface area contributed by atoms with Crippen LogP contribution in [0.3, 0.4) is 0 Å². The highest BCUT2D eigenvalue weighted by molar-refractivity contribution is 6.07. The molecule has 0 spiro atoms. The van der Waals surface area contributed by atoms with Crippen LogP contribution >= 0.6 is 0 Å². The fourth-order valence-corrected chi connectivity index (χ4v) is 4.22. The molecular weight excluding hydrogens is 306 g/mol. The third kappa shape index (κ3) is 3.13. The molecule has 2 aliphatic carbocycles. The van der Waals surface area contributed by atoms with Crippen LogP contribution in [0.2, 0.25) is 0 Å². The van der Waals surface area contributed by atoms with Crippen LogP contribution in [0.4, 0.5) is 0 Å². The highest BCUT2D eigenvalue weighted by Crippen LogP contribution is 2.39. The first-order valence-electron chi connectivity index (χ1n) is 9.19. The van der Waals surface area contributed by atoms with Crippen molar-refractivity contribution in [3.63, 3.8) is 0 Å². The molecule has 2 amide bonds. The van der Waals surface area contributed by atoms with Crippen molar-refractivity contribution in [2.75, 3.05) is 6.61 Å². The summed E-state index contributed by atoms with van der Waals surface area (Å²) in [4.78, 5) is 38.6. The molecule has 0 N–H and O–H groups in total. The summed E-state index contributed by atoms with van der Waals surface area (Å²) < 4.78 is 5.46. The zero-order chi connectivity index (χ0) is 17.3. The number of hydrogen-bond donors (Lipinski definition) is 0. The molecule has 0 bridgehead atoms. The standard InChI is InChI=1S/C19H27NO4/c1-12-7-3-4-8-14(12)11-24-19(23)13(2)20-17(21)15-9-5-6-10-16(15)18(20)22/h3-4,12-16H,5-11H2,1-2H3/t12-,13+,14-,15+,16+/m1/s1. The number of carbonyl (C=O) groups is 3. The summed E-state index contributed by atoms with van der Waals surface area (Å²) in [5, 5.41) is 0. The Balaban J connectivity index is 1.60. The van der Waals surface area contributed by atoms with Crippen molar-refractivity contribution in [2.24, 2.45) is 23.7 Å². The quantitative estimate of drug-likeness (QED) is 0.451. The number of ether oxygens (including phenoxy) is 1. The lowest BCUT2D eigenvalue weighted by atomic mass is 9.81. The lowest BCUT2D eigenvalue weighted by Crippen LogP contribution is -2.44. The number of imide groups is 1. The number of rotatable bonds is 4.